The predicted molar refractivity (Wildman–Crippen MR) is 79.7 cm³/mol. The molecule has 2 rings (SSSR count). The summed E-state index contributed by atoms with van der Waals surface area (Å²) in [5, 5.41) is 10.3. The zero-order chi connectivity index (χ0) is 15.6. The molecule has 0 radical (unpaired) electrons. The second-order valence-electron chi connectivity index (χ2n) is 5.04. The molecule has 0 aliphatic carbocycles. The standard InChI is InChI=1S/C16H19FN2O2/c1-9-8-19-14(10(2)16(9)21-3)7-15(20)12-6-11(17)4-5-13(12)18/h4-6,8,15,20H,7,18H2,1-3H3. The Bertz CT molecular complexity index is 659. The maximum absolute atomic E-state index is 13.3. The third kappa shape index (κ3) is 3.13. The van der Waals surface area contributed by atoms with Crippen LogP contribution >= 0.6 is 0 Å². The van der Waals surface area contributed by atoms with Crippen molar-refractivity contribution in [2.45, 2.75) is 26.4 Å². The largest absolute Gasteiger partial charge is 0.496 e. The van der Waals surface area contributed by atoms with Crippen LogP contribution in [0, 0.1) is 19.7 Å². The van der Waals surface area contributed by atoms with Crippen LogP contribution in [0.1, 0.15) is 28.5 Å². The summed E-state index contributed by atoms with van der Waals surface area (Å²) in [5.74, 6) is 0.323. The highest BCUT2D eigenvalue weighted by molar-refractivity contribution is 5.49. The maximum atomic E-state index is 13.3. The number of aliphatic hydroxyl groups excluding tert-OH is 1. The number of rotatable bonds is 4. The van der Waals surface area contributed by atoms with Crippen molar-refractivity contribution in [3.63, 3.8) is 0 Å². The molecule has 0 saturated carbocycles. The highest BCUT2D eigenvalue weighted by Crippen LogP contribution is 2.29. The monoisotopic (exact) mass is 290 g/mol. The first-order valence-electron chi connectivity index (χ1n) is 6.66. The van der Waals surface area contributed by atoms with E-state index in [1.807, 2.05) is 13.8 Å². The Labute approximate surface area is 123 Å². The van der Waals surface area contributed by atoms with Crippen LogP contribution in [0.3, 0.4) is 0 Å². The van der Waals surface area contributed by atoms with E-state index in [0.717, 1.165) is 16.9 Å². The van der Waals surface area contributed by atoms with Crippen LogP contribution in [-0.2, 0) is 6.42 Å². The second-order valence-corrected chi connectivity index (χ2v) is 5.04. The Kier molecular flexibility index (Phi) is 4.43. The summed E-state index contributed by atoms with van der Waals surface area (Å²) in [5.41, 5.74) is 9.02. The van der Waals surface area contributed by atoms with Gasteiger partial charge in [0.25, 0.3) is 0 Å². The average Bonchev–Trinajstić information content (AvgIpc) is 2.45. The normalized spacial score (nSPS) is 12.2. The topological polar surface area (TPSA) is 68.4 Å². The minimum Gasteiger partial charge on any atom is -0.496 e. The lowest BCUT2D eigenvalue weighted by molar-refractivity contribution is 0.177. The van der Waals surface area contributed by atoms with E-state index >= 15 is 0 Å². The van der Waals surface area contributed by atoms with Gasteiger partial charge in [0.1, 0.15) is 11.6 Å². The fourth-order valence-electron chi connectivity index (χ4n) is 2.40. The number of nitrogen functional groups attached to an aromatic ring is 1. The number of aryl methyl sites for hydroxylation is 1. The molecule has 4 nitrogen and oxygen atoms in total. The lowest BCUT2D eigenvalue weighted by atomic mass is 9.99. The van der Waals surface area contributed by atoms with Gasteiger partial charge >= 0.3 is 0 Å². The highest BCUT2D eigenvalue weighted by Gasteiger charge is 2.17. The van der Waals surface area contributed by atoms with Crippen molar-refractivity contribution in [2.75, 3.05) is 12.8 Å². The molecule has 5 heteroatoms. The van der Waals surface area contributed by atoms with Crippen molar-refractivity contribution in [3.8, 4) is 5.75 Å². The molecular formula is C16H19FN2O2. The van der Waals surface area contributed by atoms with E-state index in [-0.39, 0.29) is 6.42 Å². The fourth-order valence-corrected chi connectivity index (χ4v) is 2.40. The van der Waals surface area contributed by atoms with Gasteiger partial charge in [-0.25, -0.2) is 4.39 Å². The van der Waals surface area contributed by atoms with Crippen LogP contribution in [0.25, 0.3) is 0 Å². The smallest absolute Gasteiger partial charge is 0.128 e. The summed E-state index contributed by atoms with van der Waals surface area (Å²) < 4.78 is 18.6. The number of aromatic nitrogens is 1. The van der Waals surface area contributed by atoms with E-state index in [0.29, 0.717) is 16.9 Å². The number of nitrogens with two attached hydrogens (primary N) is 1. The predicted octanol–water partition coefficient (Wildman–Crippen LogP) is 2.70. The van der Waals surface area contributed by atoms with Crippen molar-refractivity contribution in [3.05, 3.63) is 52.6 Å². The molecule has 1 heterocycles. The molecule has 1 aromatic carbocycles. The Hall–Kier alpha value is -2.14. The van der Waals surface area contributed by atoms with Crippen LogP contribution in [0.15, 0.2) is 24.4 Å². The fraction of sp³-hybridized carbons (Fsp3) is 0.312. The zero-order valence-corrected chi connectivity index (χ0v) is 12.4. The minimum absolute atomic E-state index is 0.246. The molecule has 2 aromatic rings. The van der Waals surface area contributed by atoms with Gasteiger partial charge in [0.05, 0.1) is 13.2 Å². The zero-order valence-electron chi connectivity index (χ0n) is 12.4. The first-order valence-corrected chi connectivity index (χ1v) is 6.66. The highest BCUT2D eigenvalue weighted by atomic mass is 19.1. The van der Waals surface area contributed by atoms with Gasteiger partial charge in [-0.1, -0.05) is 0 Å². The molecule has 21 heavy (non-hydrogen) atoms. The number of anilines is 1. The number of nitrogens with zero attached hydrogens (tertiary/aromatic N) is 1. The Morgan fingerprint density at radius 2 is 2.10 bits per heavy atom. The number of benzene rings is 1. The molecule has 0 saturated heterocycles. The number of aliphatic hydroxyl groups is 1. The lowest BCUT2D eigenvalue weighted by Crippen LogP contribution is -2.09. The maximum Gasteiger partial charge on any atom is 0.128 e. The van der Waals surface area contributed by atoms with Gasteiger partial charge in [-0.3, -0.25) is 4.98 Å². The van der Waals surface area contributed by atoms with E-state index in [9.17, 15) is 9.50 Å². The SMILES string of the molecule is COc1c(C)cnc(CC(O)c2cc(F)ccc2N)c1C. The molecule has 112 valence electrons. The number of pyridine rings is 1. The Morgan fingerprint density at radius 1 is 1.38 bits per heavy atom. The summed E-state index contributed by atoms with van der Waals surface area (Å²) in [6, 6.07) is 3.97. The minimum atomic E-state index is -0.917. The van der Waals surface area contributed by atoms with Gasteiger partial charge in [-0.2, -0.15) is 0 Å². The van der Waals surface area contributed by atoms with Crippen LogP contribution in [-0.4, -0.2) is 17.2 Å². The molecule has 0 aliphatic heterocycles. The molecule has 3 N–H and O–H groups in total. The summed E-state index contributed by atoms with van der Waals surface area (Å²) >= 11 is 0. The molecule has 1 unspecified atom stereocenters. The van der Waals surface area contributed by atoms with Crippen LogP contribution in [0.2, 0.25) is 0 Å². The van der Waals surface area contributed by atoms with Crippen LogP contribution < -0.4 is 10.5 Å². The number of methoxy groups -OCH3 is 1. The number of halogens is 1. The molecule has 0 spiro atoms. The third-order valence-corrected chi connectivity index (χ3v) is 3.54. The van der Waals surface area contributed by atoms with E-state index in [1.54, 1.807) is 13.3 Å². The van der Waals surface area contributed by atoms with Crippen molar-refractivity contribution in [1.82, 2.24) is 4.98 Å². The molecular weight excluding hydrogens is 271 g/mol. The number of ether oxygens (including phenoxy) is 1. The van der Waals surface area contributed by atoms with Crippen LogP contribution in [0.5, 0.6) is 5.75 Å². The quantitative estimate of drug-likeness (QED) is 0.850. The molecule has 0 fully saturated rings. The van der Waals surface area contributed by atoms with Crippen molar-refractivity contribution < 1.29 is 14.2 Å². The third-order valence-electron chi connectivity index (χ3n) is 3.54. The Balaban J connectivity index is 2.32. The molecule has 1 aromatic heterocycles. The number of hydrogen-bond acceptors (Lipinski definition) is 4. The van der Waals surface area contributed by atoms with Gasteiger partial charge in [0.2, 0.25) is 0 Å². The van der Waals surface area contributed by atoms with Gasteiger partial charge < -0.3 is 15.6 Å². The lowest BCUT2D eigenvalue weighted by Gasteiger charge is -2.16. The van der Waals surface area contributed by atoms with Gasteiger partial charge in [0.15, 0.2) is 0 Å². The average molecular weight is 290 g/mol. The summed E-state index contributed by atoms with van der Waals surface area (Å²) in [6.07, 6.45) is 1.03. The first kappa shape index (κ1) is 15.3. The van der Waals surface area contributed by atoms with Crippen molar-refractivity contribution in [2.24, 2.45) is 0 Å². The van der Waals surface area contributed by atoms with E-state index in [1.165, 1.54) is 18.2 Å². The summed E-state index contributed by atoms with van der Waals surface area (Å²) in [4.78, 5) is 4.33. The van der Waals surface area contributed by atoms with Crippen molar-refractivity contribution in [1.29, 1.82) is 0 Å². The van der Waals surface area contributed by atoms with Crippen LogP contribution in [0.4, 0.5) is 10.1 Å². The Morgan fingerprint density at radius 3 is 2.76 bits per heavy atom. The van der Waals surface area contributed by atoms with Crippen molar-refractivity contribution >= 4 is 5.69 Å². The molecule has 1 atom stereocenters. The second kappa shape index (κ2) is 6.10. The molecule has 0 aliphatic rings. The summed E-state index contributed by atoms with van der Waals surface area (Å²) in [6.45, 7) is 3.79. The number of hydrogen-bond donors (Lipinski definition) is 2. The molecule has 0 bridgehead atoms. The van der Waals surface area contributed by atoms with Gasteiger partial charge in [0, 0.05) is 40.7 Å². The first-order chi connectivity index (χ1) is 9.93. The van der Waals surface area contributed by atoms with E-state index in [2.05, 4.69) is 4.98 Å². The summed E-state index contributed by atoms with van der Waals surface area (Å²) in [7, 11) is 1.60. The van der Waals surface area contributed by atoms with E-state index in [4.69, 9.17) is 10.5 Å². The van der Waals surface area contributed by atoms with Gasteiger partial charge in [-0.05, 0) is 32.0 Å². The van der Waals surface area contributed by atoms with E-state index < -0.39 is 11.9 Å². The molecule has 0 amide bonds. The van der Waals surface area contributed by atoms with Gasteiger partial charge in [-0.15, -0.1) is 0 Å².